The number of benzene rings is 2. The van der Waals surface area contributed by atoms with Gasteiger partial charge in [-0.15, -0.1) is 0 Å². The van der Waals surface area contributed by atoms with Crippen molar-refractivity contribution in [3.8, 4) is 0 Å². The molecule has 1 aromatic heterocycles. The third kappa shape index (κ3) is 5.96. The molecule has 0 saturated carbocycles. The van der Waals surface area contributed by atoms with E-state index in [4.69, 9.17) is 9.47 Å². The highest BCUT2D eigenvalue weighted by Crippen LogP contribution is 2.24. The second-order valence-electron chi connectivity index (χ2n) is 9.16. The lowest BCUT2D eigenvalue weighted by Crippen LogP contribution is -2.33. The maximum atomic E-state index is 13.4. The minimum atomic E-state index is -0.503. The Hall–Kier alpha value is -3.17. The quantitative estimate of drug-likeness (QED) is 0.265. The third-order valence-corrected chi connectivity index (χ3v) is 7.20. The van der Waals surface area contributed by atoms with Crippen molar-refractivity contribution in [3.05, 3.63) is 70.0 Å². The first-order valence-electron chi connectivity index (χ1n) is 12.1. The number of methoxy groups -OCH3 is 1. The smallest absolute Gasteiger partial charge is 0.337 e. The van der Waals surface area contributed by atoms with Crippen molar-refractivity contribution in [2.75, 3.05) is 19.5 Å². The summed E-state index contributed by atoms with van der Waals surface area (Å²) in [4.78, 5) is 43.1. The fourth-order valence-electron chi connectivity index (χ4n) is 4.35. The first-order chi connectivity index (χ1) is 17.4. The Bertz CT molecular complexity index is 1290. The average Bonchev–Trinajstić information content (AvgIpc) is 3.40. The normalized spacial score (nSPS) is 16.3. The molecule has 1 aliphatic heterocycles. The molecule has 190 valence electrons. The van der Waals surface area contributed by atoms with Gasteiger partial charge in [-0.2, -0.15) is 0 Å². The molecule has 4 rings (SSSR count). The van der Waals surface area contributed by atoms with Gasteiger partial charge in [-0.05, 0) is 42.5 Å². The van der Waals surface area contributed by atoms with Crippen LogP contribution in [-0.4, -0.2) is 47.0 Å². The number of nitrogens with zero attached hydrogens (tertiary/aromatic N) is 2. The molecule has 8 nitrogen and oxygen atoms in total. The van der Waals surface area contributed by atoms with Gasteiger partial charge in [-0.1, -0.05) is 55.9 Å². The molecule has 1 amide bonds. The molecule has 0 aliphatic carbocycles. The first-order valence-corrected chi connectivity index (χ1v) is 13.1. The van der Waals surface area contributed by atoms with Gasteiger partial charge < -0.3 is 14.8 Å². The van der Waals surface area contributed by atoms with E-state index in [2.05, 4.69) is 24.1 Å². The van der Waals surface area contributed by atoms with Crippen LogP contribution >= 0.6 is 11.8 Å². The highest BCUT2D eigenvalue weighted by atomic mass is 32.2. The minimum absolute atomic E-state index is 0.0760. The van der Waals surface area contributed by atoms with Crippen LogP contribution in [-0.2, 0) is 20.8 Å². The lowest BCUT2D eigenvalue weighted by atomic mass is 9.96. The Morgan fingerprint density at radius 1 is 1.22 bits per heavy atom. The molecule has 0 spiro atoms. The second kappa shape index (κ2) is 11.7. The standard InChI is InChI=1S/C27H31N3O5S/c1-17(2)24(18-8-5-4-6-9-18)29-23(31)16-36-27-28-22-14-19(26(33)34-3)11-12-21(22)25(32)30(27)15-20-10-7-13-35-20/h4-6,8-9,11-12,14,17,20,24H,7,10,13,15-16H2,1-3H3,(H,29,31)/t20-,24+/m0/s1. The summed E-state index contributed by atoms with van der Waals surface area (Å²) in [6.45, 7) is 5.16. The molecule has 36 heavy (non-hydrogen) atoms. The lowest BCUT2D eigenvalue weighted by Gasteiger charge is -2.23. The summed E-state index contributed by atoms with van der Waals surface area (Å²) < 4.78 is 12.2. The Balaban J connectivity index is 1.60. The maximum absolute atomic E-state index is 13.4. The summed E-state index contributed by atoms with van der Waals surface area (Å²) in [6, 6.07) is 14.4. The van der Waals surface area contributed by atoms with Crippen molar-refractivity contribution >= 4 is 34.5 Å². The maximum Gasteiger partial charge on any atom is 0.337 e. The molecule has 9 heteroatoms. The summed E-state index contributed by atoms with van der Waals surface area (Å²) in [5.74, 6) is -0.356. The molecular weight excluding hydrogens is 478 g/mol. The van der Waals surface area contributed by atoms with Gasteiger partial charge in [0.1, 0.15) is 0 Å². The number of nitrogens with one attached hydrogen (secondary N) is 1. The average molecular weight is 510 g/mol. The van der Waals surface area contributed by atoms with E-state index in [-0.39, 0.29) is 35.3 Å². The minimum Gasteiger partial charge on any atom is -0.465 e. The Kier molecular flexibility index (Phi) is 8.43. The summed E-state index contributed by atoms with van der Waals surface area (Å²) in [6.07, 6.45) is 1.74. The summed E-state index contributed by atoms with van der Waals surface area (Å²) in [5.41, 5.74) is 1.52. The van der Waals surface area contributed by atoms with Crippen molar-refractivity contribution in [2.24, 2.45) is 5.92 Å². The van der Waals surface area contributed by atoms with Crippen LogP contribution in [0.2, 0.25) is 0 Å². The van der Waals surface area contributed by atoms with E-state index < -0.39 is 5.97 Å². The number of thioether (sulfide) groups is 1. The van der Waals surface area contributed by atoms with Crippen molar-refractivity contribution in [1.29, 1.82) is 0 Å². The predicted octanol–water partition coefficient (Wildman–Crippen LogP) is 3.97. The molecule has 0 bridgehead atoms. The lowest BCUT2D eigenvalue weighted by molar-refractivity contribution is -0.119. The van der Waals surface area contributed by atoms with Gasteiger partial charge in [0.25, 0.3) is 5.56 Å². The topological polar surface area (TPSA) is 99.5 Å². The molecule has 2 aromatic carbocycles. The number of hydrogen-bond acceptors (Lipinski definition) is 7. The van der Waals surface area contributed by atoms with Crippen LogP contribution in [0.3, 0.4) is 0 Å². The number of carbonyl (C=O) groups is 2. The number of fused-ring (bicyclic) bond motifs is 1. The zero-order valence-electron chi connectivity index (χ0n) is 20.7. The molecule has 2 atom stereocenters. The number of amides is 1. The van der Waals surface area contributed by atoms with Gasteiger partial charge in [-0.3, -0.25) is 14.2 Å². The Morgan fingerprint density at radius 2 is 2.00 bits per heavy atom. The van der Waals surface area contributed by atoms with Crippen LogP contribution in [0.5, 0.6) is 0 Å². The Labute approximate surface area is 214 Å². The van der Waals surface area contributed by atoms with Crippen LogP contribution < -0.4 is 10.9 Å². The fraction of sp³-hybridized carbons (Fsp3) is 0.407. The van der Waals surface area contributed by atoms with Crippen LogP contribution in [0.15, 0.2) is 58.5 Å². The van der Waals surface area contributed by atoms with Gasteiger partial charge in [0.05, 0.1) is 48.0 Å². The largest absolute Gasteiger partial charge is 0.465 e. The SMILES string of the molecule is COC(=O)c1ccc2c(=O)n(C[C@@H]3CCCO3)c(SCC(=O)N[C@@H](c3ccccc3)C(C)C)nc2c1. The number of esters is 1. The van der Waals surface area contributed by atoms with Gasteiger partial charge in [0.15, 0.2) is 5.16 Å². The van der Waals surface area contributed by atoms with Crippen molar-refractivity contribution < 1.29 is 19.1 Å². The van der Waals surface area contributed by atoms with E-state index in [9.17, 15) is 14.4 Å². The van der Waals surface area contributed by atoms with Crippen molar-refractivity contribution in [3.63, 3.8) is 0 Å². The van der Waals surface area contributed by atoms with Gasteiger partial charge in [0, 0.05) is 6.61 Å². The van der Waals surface area contributed by atoms with E-state index in [0.29, 0.717) is 34.8 Å². The third-order valence-electron chi connectivity index (χ3n) is 6.23. The van der Waals surface area contributed by atoms with E-state index >= 15 is 0 Å². The number of ether oxygens (including phenoxy) is 2. The molecule has 2 heterocycles. The van der Waals surface area contributed by atoms with Crippen LogP contribution in [0.25, 0.3) is 10.9 Å². The molecular formula is C27H31N3O5S. The van der Waals surface area contributed by atoms with Crippen molar-refractivity contribution in [2.45, 2.75) is 50.5 Å². The van der Waals surface area contributed by atoms with E-state index in [1.807, 2.05) is 30.3 Å². The molecule has 0 radical (unpaired) electrons. The molecule has 1 saturated heterocycles. The van der Waals surface area contributed by atoms with Crippen LogP contribution in [0.4, 0.5) is 0 Å². The van der Waals surface area contributed by atoms with E-state index in [0.717, 1.165) is 18.4 Å². The Morgan fingerprint density at radius 3 is 2.67 bits per heavy atom. The monoisotopic (exact) mass is 509 g/mol. The first kappa shape index (κ1) is 25.9. The summed E-state index contributed by atoms with van der Waals surface area (Å²) >= 11 is 1.20. The number of rotatable bonds is 9. The van der Waals surface area contributed by atoms with E-state index in [1.165, 1.54) is 18.9 Å². The number of aromatic nitrogens is 2. The number of carbonyl (C=O) groups excluding carboxylic acids is 2. The summed E-state index contributed by atoms with van der Waals surface area (Å²) in [5, 5.41) is 3.94. The molecule has 1 fully saturated rings. The highest BCUT2D eigenvalue weighted by molar-refractivity contribution is 7.99. The van der Waals surface area contributed by atoms with Gasteiger partial charge in [0.2, 0.25) is 5.91 Å². The zero-order chi connectivity index (χ0) is 25.7. The molecule has 0 unspecified atom stereocenters. The highest BCUT2D eigenvalue weighted by Gasteiger charge is 2.23. The fourth-order valence-corrected chi connectivity index (χ4v) is 5.17. The molecule has 1 N–H and O–H groups in total. The van der Waals surface area contributed by atoms with Crippen LogP contribution in [0, 0.1) is 5.92 Å². The second-order valence-corrected chi connectivity index (χ2v) is 10.1. The van der Waals surface area contributed by atoms with E-state index in [1.54, 1.807) is 22.8 Å². The molecule has 1 aliphatic rings. The van der Waals surface area contributed by atoms with Gasteiger partial charge in [-0.25, -0.2) is 9.78 Å². The van der Waals surface area contributed by atoms with Crippen molar-refractivity contribution in [1.82, 2.24) is 14.9 Å². The zero-order valence-corrected chi connectivity index (χ0v) is 21.5. The van der Waals surface area contributed by atoms with Gasteiger partial charge >= 0.3 is 5.97 Å². The number of hydrogen-bond donors (Lipinski definition) is 1. The predicted molar refractivity (Wildman–Crippen MR) is 139 cm³/mol. The van der Waals surface area contributed by atoms with Crippen LogP contribution in [0.1, 0.15) is 48.7 Å². The molecule has 3 aromatic rings. The summed E-state index contributed by atoms with van der Waals surface area (Å²) in [7, 11) is 1.30.